The van der Waals surface area contributed by atoms with Gasteiger partial charge in [-0.2, -0.15) is 13.5 Å². The van der Waals surface area contributed by atoms with Crippen LogP contribution in [-0.2, 0) is 28.1 Å². The Morgan fingerprint density at radius 2 is 2.13 bits per heavy atom. The molecular formula is C7H13N3O4S. The van der Waals surface area contributed by atoms with Crippen molar-refractivity contribution in [3.05, 3.63) is 11.3 Å². The van der Waals surface area contributed by atoms with Crippen molar-refractivity contribution in [1.82, 2.24) is 9.78 Å². The average Bonchev–Trinajstić information content (AvgIpc) is 2.35. The van der Waals surface area contributed by atoms with Crippen LogP contribution in [-0.4, -0.2) is 25.3 Å². The molecule has 8 heteroatoms. The van der Waals surface area contributed by atoms with Crippen LogP contribution in [0.5, 0.6) is 5.88 Å². The zero-order chi connectivity index (χ0) is 11.6. The van der Waals surface area contributed by atoms with E-state index in [2.05, 4.69) is 9.28 Å². The Morgan fingerprint density at radius 3 is 2.60 bits per heavy atom. The number of aryl methyl sites for hydroxylation is 2. The van der Waals surface area contributed by atoms with E-state index in [-0.39, 0.29) is 6.61 Å². The summed E-state index contributed by atoms with van der Waals surface area (Å²) >= 11 is 0. The molecule has 0 atom stereocenters. The molecule has 0 aliphatic heterocycles. The summed E-state index contributed by atoms with van der Waals surface area (Å²) in [7, 11) is -0.791. The molecule has 86 valence electrons. The van der Waals surface area contributed by atoms with Gasteiger partial charge in [-0.25, -0.2) is 9.82 Å². The van der Waals surface area contributed by atoms with Crippen molar-refractivity contribution in [2.45, 2.75) is 13.5 Å². The summed E-state index contributed by atoms with van der Waals surface area (Å²) in [5, 5.41) is 8.77. The highest BCUT2D eigenvalue weighted by molar-refractivity contribution is 7.84. The van der Waals surface area contributed by atoms with Gasteiger partial charge >= 0.3 is 10.3 Å². The summed E-state index contributed by atoms with van der Waals surface area (Å²) in [5.41, 5.74) is 1.20. The monoisotopic (exact) mass is 235 g/mol. The second kappa shape index (κ2) is 4.17. The molecule has 1 aromatic heterocycles. The third-order valence-electron chi connectivity index (χ3n) is 1.85. The summed E-state index contributed by atoms with van der Waals surface area (Å²) in [4.78, 5) is 0. The molecule has 0 spiro atoms. The molecular weight excluding hydrogens is 222 g/mol. The lowest BCUT2D eigenvalue weighted by molar-refractivity contribution is 0.295. The van der Waals surface area contributed by atoms with Crippen LogP contribution in [0, 0.1) is 6.92 Å². The highest BCUT2D eigenvalue weighted by Gasteiger charge is 2.15. The van der Waals surface area contributed by atoms with Crippen LogP contribution in [0.1, 0.15) is 11.3 Å². The van der Waals surface area contributed by atoms with Crippen molar-refractivity contribution in [2.75, 3.05) is 7.11 Å². The second-order valence-electron chi connectivity index (χ2n) is 2.95. The highest BCUT2D eigenvalue weighted by Crippen LogP contribution is 2.21. The molecule has 0 unspecified atom stereocenters. The van der Waals surface area contributed by atoms with Crippen LogP contribution in [0.15, 0.2) is 0 Å². The minimum atomic E-state index is -3.95. The molecule has 7 nitrogen and oxygen atoms in total. The SMILES string of the molecule is COc1c(COS(N)(=O)=O)c(C)nn1C. The standard InChI is InChI=1S/C7H13N3O4S/c1-5-6(4-14-15(8,11)12)7(13-3)10(2)9-5/h4H2,1-3H3,(H2,8,11,12). The highest BCUT2D eigenvalue weighted by atomic mass is 32.2. The van der Waals surface area contributed by atoms with E-state index in [4.69, 9.17) is 9.88 Å². The smallest absolute Gasteiger partial charge is 0.333 e. The molecule has 0 saturated heterocycles. The lowest BCUT2D eigenvalue weighted by Gasteiger charge is -2.04. The Labute approximate surface area is 88.0 Å². The molecule has 2 N–H and O–H groups in total. The van der Waals surface area contributed by atoms with Gasteiger partial charge < -0.3 is 4.74 Å². The molecule has 1 aromatic rings. The first-order valence-electron chi connectivity index (χ1n) is 4.08. The maximum Gasteiger partial charge on any atom is 0.333 e. The molecule has 0 amide bonds. The van der Waals surface area contributed by atoms with E-state index in [0.717, 1.165) is 0 Å². The van der Waals surface area contributed by atoms with Gasteiger partial charge in [0.1, 0.15) is 0 Å². The molecule has 15 heavy (non-hydrogen) atoms. The number of hydrogen-bond acceptors (Lipinski definition) is 5. The van der Waals surface area contributed by atoms with Gasteiger partial charge in [0.15, 0.2) is 0 Å². The Kier molecular flexibility index (Phi) is 3.32. The minimum Gasteiger partial charge on any atom is -0.481 e. The quantitative estimate of drug-likeness (QED) is 0.755. The van der Waals surface area contributed by atoms with Gasteiger partial charge in [-0.15, -0.1) is 0 Å². The van der Waals surface area contributed by atoms with E-state index in [9.17, 15) is 8.42 Å². The number of nitrogens with two attached hydrogens (primary N) is 1. The Hall–Kier alpha value is -1.12. The largest absolute Gasteiger partial charge is 0.481 e. The van der Waals surface area contributed by atoms with Crippen LogP contribution in [0.2, 0.25) is 0 Å². The summed E-state index contributed by atoms with van der Waals surface area (Å²) in [5.74, 6) is 0.455. The molecule has 0 saturated carbocycles. The van der Waals surface area contributed by atoms with Crippen molar-refractivity contribution < 1.29 is 17.3 Å². The first-order valence-corrected chi connectivity index (χ1v) is 5.56. The Morgan fingerprint density at radius 1 is 1.53 bits per heavy atom. The predicted octanol–water partition coefficient (Wildman–Crippen LogP) is -0.543. The fourth-order valence-electron chi connectivity index (χ4n) is 1.24. The van der Waals surface area contributed by atoms with Crippen LogP contribution in [0.4, 0.5) is 0 Å². The maximum absolute atomic E-state index is 10.6. The molecule has 1 heterocycles. The second-order valence-corrected chi connectivity index (χ2v) is 4.17. The number of rotatable bonds is 4. The molecule has 0 aromatic carbocycles. The van der Waals surface area contributed by atoms with Crippen LogP contribution < -0.4 is 9.88 Å². The van der Waals surface area contributed by atoms with Crippen LogP contribution in [0.25, 0.3) is 0 Å². The molecule has 0 fully saturated rings. The van der Waals surface area contributed by atoms with Crippen molar-refractivity contribution in [3.63, 3.8) is 0 Å². The number of ether oxygens (including phenoxy) is 1. The average molecular weight is 235 g/mol. The summed E-state index contributed by atoms with van der Waals surface area (Å²) < 4.78 is 32.2. The normalized spacial score (nSPS) is 11.7. The zero-order valence-corrected chi connectivity index (χ0v) is 9.54. The molecule has 0 aliphatic carbocycles. The Bertz CT molecular complexity index is 451. The van der Waals surface area contributed by atoms with Gasteiger partial charge in [-0.05, 0) is 6.92 Å². The number of hydrogen-bond donors (Lipinski definition) is 1. The van der Waals surface area contributed by atoms with Gasteiger partial charge in [-0.1, -0.05) is 0 Å². The van der Waals surface area contributed by atoms with E-state index in [1.807, 2.05) is 0 Å². The van der Waals surface area contributed by atoms with E-state index < -0.39 is 10.3 Å². The van der Waals surface area contributed by atoms with Crippen molar-refractivity contribution in [3.8, 4) is 5.88 Å². The number of nitrogens with zero attached hydrogens (tertiary/aromatic N) is 2. The number of aromatic nitrogens is 2. The lowest BCUT2D eigenvalue weighted by atomic mass is 10.3. The summed E-state index contributed by atoms with van der Waals surface area (Å²) in [6, 6.07) is 0. The van der Waals surface area contributed by atoms with E-state index in [1.54, 1.807) is 14.0 Å². The zero-order valence-electron chi connectivity index (χ0n) is 8.72. The van der Waals surface area contributed by atoms with Crippen LogP contribution in [0.3, 0.4) is 0 Å². The summed E-state index contributed by atoms with van der Waals surface area (Å²) in [6.45, 7) is 1.55. The van der Waals surface area contributed by atoms with E-state index in [1.165, 1.54) is 11.8 Å². The van der Waals surface area contributed by atoms with Gasteiger partial charge in [0.25, 0.3) is 0 Å². The summed E-state index contributed by atoms with van der Waals surface area (Å²) in [6.07, 6.45) is 0. The lowest BCUT2D eigenvalue weighted by Crippen LogP contribution is -2.15. The first kappa shape index (κ1) is 12.0. The van der Waals surface area contributed by atoms with Gasteiger partial charge in [0.2, 0.25) is 5.88 Å². The van der Waals surface area contributed by atoms with E-state index in [0.29, 0.717) is 17.1 Å². The van der Waals surface area contributed by atoms with Gasteiger partial charge in [0, 0.05) is 7.05 Å². The van der Waals surface area contributed by atoms with E-state index >= 15 is 0 Å². The van der Waals surface area contributed by atoms with Crippen molar-refractivity contribution in [1.29, 1.82) is 0 Å². The van der Waals surface area contributed by atoms with Crippen molar-refractivity contribution in [2.24, 2.45) is 12.2 Å². The molecule has 1 rings (SSSR count). The molecule has 0 aliphatic rings. The predicted molar refractivity (Wildman–Crippen MR) is 52.4 cm³/mol. The van der Waals surface area contributed by atoms with Crippen LogP contribution >= 0.6 is 0 Å². The third-order valence-corrected chi connectivity index (χ3v) is 2.30. The Balaban J connectivity index is 2.94. The van der Waals surface area contributed by atoms with Crippen molar-refractivity contribution >= 4 is 10.3 Å². The number of methoxy groups -OCH3 is 1. The molecule has 0 radical (unpaired) electrons. The molecule has 0 bridgehead atoms. The topological polar surface area (TPSA) is 96.4 Å². The van der Waals surface area contributed by atoms with Gasteiger partial charge in [-0.3, -0.25) is 4.18 Å². The van der Waals surface area contributed by atoms with Gasteiger partial charge in [0.05, 0.1) is 25.0 Å². The fraction of sp³-hybridized carbons (Fsp3) is 0.571. The first-order chi connectivity index (χ1) is 6.85. The third kappa shape index (κ3) is 2.91. The maximum atomic E-state index is 10.6. The minimum absolute atomic E-state index is 0.179. The fourth-order valence-corrected chi connectivity index (χ4v) is 1.53.